The predicted molar refractivity (Wildman–Crippen MR) is 91.8 cm³/mol. The van der Waals surface area contributed by atoms with Crippen molar-refractivity contribution in [2.45, 2.75) is 63.5 Å². The van der Waals surface area contributed by atoms with Crippen molar-refractivity contribution in [2.24, 2.45) is 11.8 Å². The van der Waals surface area contributed by atoms with Gasteiger partial charge in [0.15, 0.2) is 0 Å². The number of hydrogen-bond acceptors (Lipinski definition) is 4. The minimum absolute atomic E-state index is 0.232. The maximum atomic E-state index is 11.6. The summed E-state index contributed by atoms with van der Waals surface area (Å²) in [6.07, 6.45) is 8.56. The zero-order valence-corrected chi connectivity index (χ0v) is 15.5. The molecule has 0 aromatic rings. The standard InChI is InChI=1S/C18H32N2O4/c1-19(17(21)23-3)15-9-5-13(6-10-15)14-7-11-16(12-8-14)20(2)18(22)24-4/h13-16H,5-12H2,1-4H3. The molecule has 0 atom stereocenters. The van der Waals surface area contributed by atoms with Gasteiger partial charge in [-0.25, -0.2) is 9.59 Å². The zero-order valence-electron chi connectivity index (χ0n) is 15.5. The molecular weight excluding hydrogens is 308 g/mol. The Balaban J connectivity index is 1.76. The lowest BCUT2D eigenvalue weighted by atomic mass is 9.71. The molecule has 2 amide bonds. The third-order valence-corrected chi connectivity index (χ3v) is 6.17. The van der Waals surface area contributed by atoms with Gasteiger partial charge in [0.25, 0.3) is 0 Å². The molecule has 0 spiro atoms. The van der Waals surface area contributed by atoms with Crippen LogP contribution in [-0.4, -0.2) is 62.4 Å². The van der Waals surface area contributed by atoms with Crippen LogP contribution in [0, 0.1) is 11.8 Å². The number of carbonyl (C=O) groups is 2. The van der Waals surface area contributed by atoms with Crippen LogP contribution >= 0.6 is 0 Å². The lowest BCUT2D eigenvalue weighted by molar-refractivity contribution is 0.0755. The first kappa shape index (κ1) is 18.9. The van der Waals surface area contributed by atoms with Crippen molar-refractivity contribution in [3.63, 3.8) is 0 Å². The van der Waals surface area contributed by atoms with Crippen LogP contribution in [0.2, 0.25) is 0 Å². The summed E-state index contributed by atoms with van der Waals surface area (Å²) in [5.41, 5.74) is 0. The van der Waals surface area contributed by atoms with Crippen molar-refractivity contribution < 1.29 is 19.1 Å². The van der Waals surface area contributed by atoms with Crippen molar-refractivity contribution in [1.29, 1.82) is 0 Å². The Kier molecular flexibility index (Phi) is 6.75. The summed E-state index contributed by atoms with van der Waals surface area (Å²) < 4.78 is 9.63. The van der Waals surface area contributed by atoms with Gasteiger partial charge in [-0.15, -0.1) is 0 Å². The van der Waals surface area contributed by atoms with E-state index < -0.39 is 0 Å². The lowest BCUT2D eigenvalue weighted by Crippen LogP contribution is -2.42. The molecule has 2 aliphatic rings. The van der Waals surface area contributed by atoms with Crippen LogP contribution < -0.4 is 0 Å². The number of nitrogens with zero attached hydrogens (tertiary/aromatic N) is 2. The Labute approximate surface area is 145 Å². The predicted octanol–water partition coefficient (Wildman–Crippen LogP) is 3.50. The zero-order chi connectivity index (χ0) is 17.7. The fourth-order valence-corrected chi connectivity index (χ4v) is 4.51. The topological polar surface area (TPSA) is 59.1 Å². The SMILES string of the molecule is COC(=O)N(C)C1CCC(C2CCC(N(C)C(=O)OC)CC2)CC1. The average Bonchev–Trinajstić information content (AvgIpc) is 2.65. The van der Waals surface area contributed by atoms with Crippen LogP contribution in [0.4, 0.5) is 9.59 Å². The minimum atomic E-state index is -0.232. The van der Waals surface area contributed by atoms with E-state index in [1.54, 1.807) is 9.80 Å². The van der Waals surface area contributed by atoms with Gasteiger partial charge in [0.2, 0.25) is 0 Å². The summed E-state index contributed by atoms with van der Waals surface area (Å²) in [5, 5.41) is 0. The summed E-state index contributed by atoms with van der Waals surface area (Å²) >= 11 is 0. The Hall–Kier alpha value is -1.46. The fraction of sp³-hybridized carbons (Fsp3) is 0.889. The normalized spacial score (nSPS) is 30.3. The first-order chi connectivity index (χ1) is 11.5. The second-order valence-corrected chi connectivity index (χ2v) is 7.30. The van der Waals surface area contributed by atoms with Crippen molar-refractivity contribution in [3.8, 4) is 0 Å². The van der Waals surface area contributed by atoms with Gasteiger partial charge in [0.05, 0.1) is 14.2 Å². The van der Waals surface area contributed by atoms with Gasteiger partial charge in [-0.1, -0.05) is 0 Å². The summed E-state index contributed by atoms with van der Waals surface area (Å²) in [4.78, 5) is 26.8. The van der Waals surface area contributed by atoms with Gasteiger partial charge in [-0.2, -0.15) is 0 Å². The van der Waals surface area contributed by atoms with E-state index in [9.17, 15) is 9.59 Å². The van der Waals surface area contributed by atoms with Gasteiger partial charge in [-0.3, -0.25) is 0 Å². The molecule has 24 heavy (non-hydrogen) atoms. The van der Waals surface area contributed by atoms with Gasteiger partial charge in [0, 0.05) is 26.2 Å². The Morgan fingerprint density at radius 2 is 0.958 bits per heavy atom. The van der Waals surface area contributed by atoms with E-state index in [4.69, 9.17) is 9.47 Å². The van der Waals surface area contributed by atoms with Crippen molar-refractivity contribution in [2.75, 3.05) is 28.3 Å². The molecule has 0 heterocycles. The minimum Gasteiger partial charge on any atom is -0.453 e. The van der Waals surface area contributed by atoms with Crippen molar-refractivity contribution >= 4 is 12.2 Å². The third-order valence-electron chi connectivity index (χ3n) is 6.17. The maximum absolute atomic E-state index is 11.6. The van der Waals surface area contributed by atoms with Gasteiger partial charge in [0.1, 0.15) is 0 Å². The van der Waals surface area contributed by atoms with E-state index >= 15 is 0 Å². The Morgan fingerprint density at radius 3 is 1.21 bits per heavy atom. The van der Waals surface area contributed by atoms with E-state index in [-0.39, 0.29) is 12.2 Å². The summed E-state index contributed by atoms with van der Waals surface area (Å²) in [5.74, 6) is 1.52. The van der Waals surface area contributed by atoms with E-state index in [1.165, 1.54) is 39.9 Å². The molecule has 2 rings (SSSR count). The quantitative estimate of drug-likeness (QED) is 0.789. The molecule has 0 aromatic carbocycles. The molecule has 2 aliphatic carbocycles. The molecule has 0 unspecified atom stereocenters. The van der Waals surface area contributed by atoms with Crippen LogP contribution in [0.1, 0.15) is 51.4 Å². The molecule has 6 nitrogen and oxygen atoms in total. The molecule has 0 aliphatic heterocycles. The van der Waals surface area contributed by atoms with Gasteiger partial charge >= 0.3 is 12.2 Å². The molecule has 0 bridgehead atoms. The Morgan fingerprint density at radius 1 is 0.667 bits per heavy atom. The number of carbonyl (C=O) groups excluding carboxylic acids is 2. The maximum Gasteiger partial charge on any atom is 0.409 e. The van der Waals surface area contributed by atoms with E-state index in [1.807, 2.05) is 14.1 Å². The summed E-state index contributed by atoms with van der Waals surface area (Å²) in [7, 11) is 6.55. The van der Waals surface area contributed by atoms with E-state index in [0.717, 1.165) is 37.5 Å². The first-order valence-electron chi connectivity index (χ1n) is 9.09. The smallest absolute Gasteiger partial charge is 0.409 e. The molecule has 2 saturated carbocycles. The fourth-order valence-electron chi connectivity index (χ4n) is 4.51. The first-order valence-corrected chi connectivity index (χ1v) is 9.09. The number of methoxy groups -OCH3 is 2. The highest BCUT2D eigenvalue weighted by molar-refractivity contribution is 5.67. The van der Waals surface area contributed by atoms with E-state index in [0.29, 0.717) is 12.1 Å². The van der Waals surface area contributed by atoms with Crippen LogP contribution in [0.5, 0.6) is 0 Å². The number of ether oxygens (including phenoxy) is 2. The van der Waals surface area contributed by atoms with Gasteiger partial charge in [-0.05, 0) is 63.2 Å². The van der Waals surface area contributed by atoms with Crippen molar-refractivity contribution in [3.05, 3.63) is 0 Å². The lowest BCUT2D eigenvalue weighted by Gasteiger charge is -2.41. The molecular formula is C18H32N2O4. The number of amides is 2. The monoisotopic (exact) mass is 340 g/mol. The van der Waals surface area contributed by atoms with Crippen molar-refractivity contribution in [1.82, 2.24) is 9.80 Å². The molecule has 138 valence electrons. The number of hydrogen-bond donors (Lipinski definition) is 0. The molecule has 0 aromatic heterocycles. The average molecular weight is 340 g/mol. The molecule has 6 heteroatoms. The highest BCUT2D eigenvalue weighted by Crippen LogP contribution is 2.40. The largest absolute Gasteiger partial charge is 0.453 e. The second kappa shape index (κ2) is 8.58. The van der Waals surface area contributed by atoms with Crippen LogP contribution in [0.3, 0.4) is 0 Å². The van der Waals surface area contributed by atoms with Crippen LogP contribution in [-0.2, 0) is 9.47 Å². The summed E-state index contributed by atoms with van der Waals surface area (Å²) in [6.45, 7) is 0. The Bertz CT molecular complexity index is 387. The third kappa shape index (κ3) is 4.33. The van der Waals surface area contributed by atoms with E-state index in [2.05, 4.69) is 0 Å². The molecule has 2 fully saturated rings. The van der Waals surface area contributed by atoms with Gasteiger partial charge < -0.3 is 19.3 Å². The number of rotatable bonds is 3. The molecule has 0 N–H and O–H groups in total. The molecule has 0 saturated heterocycles. The highest BCUT2D eigenvalue weighted by Gasteiger charge is 2.34. The highest BCUT2D eigenvalue weighted by atomic mass is 16.5. The summed E-state index contributed by atoms with van der Waals surface area (Å²) in [6, 6.07) is 0.631. The second-order valence-electron chi connectivity index (χ2n) is 7.30. The van der Waals surface area contributed by atoms with Crippen LogP contribution in [0.25, 0.3) is 0 Å². The van der Waals surface area contributed by atoms with Crippen LogP contribution in [0.15, 0.2) is 0 Å². The molecule has 0 radical (unpaired) electrons.